The number of aromatic nitrogens is 1. The monoisotopic (exact) mass is 548 g/mol. The molecule has 3 N–H and O–H groups in total. The lowest BCUT2D eigenvalue weighted by Crippen LogP contribution is -2.30. The molecule has 4 rings (SSSR count). The van der Waals surface area contributed by atoms with E-state index in [2.05, 4.69) is 20.9 Å². The molecule has 0 unspecified atom stereocenters. The Kier molecular flexibility index (Phi) is 9.09. The van der Waals surface area contributed by atoms with Crippen LogP contribution < -0.4 is 16.0 Å². The number of rotatable bonds is 9. The molecule has 0 saturated heterocycles. The Morgan fingerprint density at radius 3 is 2.35 bits per heavy atom. The summed E-state index contributed by atoms with van der Waals surface area (Å²) in [5.41, 5.74) is 1.57. The molecule has 0 atom stereocenters. The standard InChI is InChI=1S/C27H21ClN4O3S2/c28-22-9-5-4-8-19(22)16-23(31-25(34)18-6-2-1-3-7-18)26(35)30-20-10-12-21(13-11-20)37-17-24(33)32-27-29-14-15-36-27/h1-16H,17H2,(H,30,35)(H,31,34)(H,29,32,33)/b23-16-. The van der Waals surface area contributed by atoms with Gasteiger partial charge in [-0.2, -0.15) is 0 Å². The quantitative estimate of drug-likeness (QED) is 0.178. The van der Waals surface area contributed by atoms with E-state index in [4.69, 9.17) is 11.6 Å². The number of hydrogen-bond donors (Lipinski definition) is 3. The topological polar surface area (TPSA) is 100 Å². The van der Waals surface area contributed by atoms with E-state index in [1.165, 1.54) is 29.2 Å². The Morgan fingerprint density at radius 1 is 0.919 bits per heavy atom. The average Bonchev–Trinajstić information content (AvgIpc) is 3.42. The number of amides is 3. The summed E-state index contributed by atoms with van der Waals surface area (Å²) in [5, 5.41) is 11.0. The fourth-order valence-electron chi connectivity index (χ4n) is 3.11. The largest absolute Gasteiger partial charge is 0.321 e. The Balaban J connectivity index is 1.43. The zero-order valence-corrected chi connectivity index (χ0v) is 21.7. The van der Waals surface area contributed by atoms with Crippen LogP contribution in [-0.4, -0.2) is 28.5 Å². The highest BCUT2D eigenvalue weighted by atomic mass is 35.5. The first-order valence-corrected chi connectivity index (χ1v) is 13.3. The van der Waals surface area contributed by atoms with Crippen molar-refractivity contribution < 1.29 is 14.4 Å². The van der Waals surface area contributed by atoms with Crippen LogP contribution in [0, 0.1) is 0 Å². The van der Waals surface area contributed by atoms with Gasteiger partial charge >= 0.3 is 0 Å². The van der Waals surface area contributed by atoms with E-state index in [0.717, 1.165) is 4.90 Å². The third-order valence-corrected chi connectivity index (χ3v) is 6.94. The van der Waals surface area contributed by atoms with Gasteiger partial charge in [0.25, 0.3) is 11.8 Å². The Bertz CT molecular complexity index is 1410. The molecule has 37 heavy (non-hydrogen) atoms. The highest BCUT2D eigenvalue weighted by Gasteiger charge is 2.16. The van der Waals surface area contributed by atoms with Crippen LogP contribution in [0.15, 0.2) is 101 Å². The third kappa shape index (κ3) is 7.78. The summed E-state index contributed by atoms with van der Waals surface area (Å²) >= 11 is 8.99. The van der Waals surface area contributed by atoms with Crippen LogP contribution in [0.4, 0.5) is 10.8 Å². The molecular weight excluding hydrogens is 528 g/mol. The molecule has 4 aromatic rings. The second-order valence-corrected chi connectivity index (χ2v) is 9.90. The van der Waals surface area contributed by atoms with Crippen molar-refractivity contribution in [2.24, 2.45) is 0 Å². The molecule has 0 aliphatic carbocycles. The highest BCUT2D eigenvalue weighted by Crippen LogP contribution is 2.22. The van der Waals surface area contributed by atoms with E-state index >= 15 is 0 Å². The number of hydrogen-bond acceptors (Lipinski definition) is 6. The molecule has 1 aromatic heterocycles. The molecule has 1 heterocycles. The number of thiazole rings is 1. The number of nitrogens with zero attached hydrogens (tertiary/aromatic N) is 1. The summed E-state index contributed by atoms with van der Waals surface area (Å²) in [6.45, 7) is 0. The number of thioether (sulfide) groups is 1. The third-order valence-electron chi connectivity index (χ3n) is 4.89. The summed E-state index contributed by atoms with van der Waals surface area (Å²) in [6, 6.07) is 22.7. The van der Waals surface area contributed by atoms with Crippen molar-refractivity contribution in [3.8, 4) is 0 Å². The van der Waals surface area contributed by atoms with Gasteiger partial charge < -0.3 is 16.0 Å². The van der Waals surface area contributed by atoms with Crippen molar-refractivity contribution in [3.63, 3.8) is 0 Å². The maximum Gasteiger partial charge on any atom is 0.272 e. The van der Waals surface area contributed by atoms with Gasteiger partial charge in [0.2, 0.25) is 5.91 Å². The van der Waals surface area contributed by atoms with Gasteiger partial charge in [0.15, 0.2) is 5.13 Å². The zero-order chi connectivity index (χ0) is 26.0. The lowest BCUT2D eigenvalue weighted by Gasteiger charge is -2.12. The minimum absolute atomic E-state index is 0.0410. The molecule has 0 spiro atoms. The van der Waals surface area contributed by atoms with E-state index < -0.39 is 11.8 Å². The van der Waals surface area contributed by atoms with Crippen LogP contribution in [0.1, 0.15) is 15.9 Å². The predicted molar refractivity (Wildman–Crippen MR) is 150 cm³/mol. The molecule has 0 aliphatic heterocycles. The zero-order valence-electron chi connectivity index (χ0n) is 19.3. The molecule has 0 bridgehead atoms. The molecular formula is C27H21ClN4O3S2. The summed E-state index contributed by atoms with van der Waals surface area (Å²) in [4.78, 5) is 42.9. The average molecular weight is 549 g/mol. The van der Waals surface area contributed by atoms with Crippen molar-refractivity contribution in [3.05, 3.63) is 112 Å². The smallest absolute Gasteiger partial charge is 0.272 e. The number of benzene rings is 3. The molecule has 0 radical (unpaired) electrons. The summed E-state index contributed by atoms with van der Waals surface area (Å²) < 4.78 is 0. The fraction of sp³-hybridized carbons (Fsp3) is 0.0370. The van der Waals surface area contributed by atoms with E-state index in [1.54, 1.807) is 90.4 Å². The fourth-order valence-corrected chi connectivity index (χ4v) is 4.55. The number of anilines is 2. The molecule has 3 aromatic carbocycles. The van der Waals surface area contributed by atoms with Gasteiger partial charge in [-0.25, -0.2) is 4.98 Å². The van der Waals surface area contributed by atoms with Crippen molar-refractivity contribution in [1.29, 1.82) is 0 Å². The Hall–Kier alpha value is -3.92. The van der Waals surface area contributed by atoms with Gasteiger partial charge in [-0.3, -0.25) is 14.4 Å². The number of carbonyl (C=O) groups is 3. The lowest BCUT2D eigenvalue weighted by atomic mass is 10.1. The molecule has 0 fully saturated rings. The molecule has 0 saturated carbocycles. The number of carbonyl (C=O) groups excluding carboxylic acids is 3. The minimum atomic E-state index is -0.507. The van der Waals surface area contributed by atoms with Gasteiger partial charge in [0.1, 0.15) is 5.70 Å². The second-order valence-electron chi connectivity index (χ2n) is 7.55. The predicted octanol–water partition coefficient (Wildman–Crippen LogP) is 5.94. The van der Waals surface area contributed by atoms with E-state index in [-0.39, 0.29) is 17.4 Å². The van der Waals surface area contributed by atoms with Crippen LogP contribution in [0.25, 0.3) is 6.08 Å². The molecule has 186 valence electrons. The maximum atomic E-state index is 13.1. The Morgan fingerprint density at radius 2 is 1.65 bits per heavy atom. The summed E-state index contributed by atoms with van der Waals surface area (Å²) in [6.07, 6.45) is 3.16. The number of halogens is 1. The first kappa shape index (κ1) is 26.2. The normalized spacial score (nSPS) is 11.0. The second kappa shape index (κ2) is 12.9. The minimum Gasteiger partial charge on any atom is -0.321 e. The first-order valence-electron chi connectivity index (χ1n) is 11.0. The van der Waals surface area contributed by atoms with E-state index in [1.807, 2.05) is 0 Å². The maximum absolute atomic E-state index is 13.1. The van der Waals surface area contributed by atoms with Crippen LogP contribution in [0.3, 0.4) is 0 Å². The van der Waals surface area contributed by atoms with Crippen LogP contribution >= 0.6 is 34.7 Å². The highest BCUT2D eigenvalue weighted by molar-refractivity contribution is 8.00. The van der Waals surface area contributed by atoms with Crippen LogP contribution in [-0.2, 0) is 9.59 Å². The molecule has 0 aliphatic rings. The van der Waals surface area contributed by atoms with Gasteiger partial charge in [0.05, 0.1) is 5.75 Å². The molecule has 3 amide bonds. The van der Waals surface area contributed by atoms with E-state index in [0.29, 0.717) is 27.0 Å². The van der Waals surface area contributed by atoms with Crippen molar-refractivity contribution in [1.82, 2.24) is 10.3 Å². The van der Waals surface area contributed by atoms with Gasteiger partial charge in [0, 0.05) is 32.7 Å². The molecule has 7 nitrogen and oxygen atoms in total. The van der Waals surface area contributed by atoms with Crippen LogP contribution in [0.5, 0.6) is 0 Å². The number of nitrogens with one attached hydrogen (secondary N) is 3. The lowest BCUT2D eigenvalue weighted by molar-refractivity contribution is -0.114. The van der Waals surface area contributed by atoms with Gasteiger partial charge in [-0.15, -0.1) is 23.1 Å². The van der Waals surface area contributed by atoms with Crippen molar-refractivity contribution in [2.45, 2.75) is 4.90 Å². The Labute approximate surface area is 227 Å². The van der Waals surface area contributed by atoms with Crippen LogP contribution in [0.2, 0.25) is 5.02 Å². The molecule has 10 heteroatoms. The van der Waals surface area contributed by atoms with Crippen molar-refractivity contribution >= 4 is 69.3 Å². The first-order chi connectivity index (χ1) is 18.0. The van der Waals surface area contributed by atoms with E-state index in [9.17, 15) is 14.4 Å². The SMILES string of the molecule is O=C(CSc1ccc(NC(=O)/C(=C/c2ccccc2Cl)NC(=O)c2ccccc2)cc1)Nc1nccs1. The van der Waals surface area contributed by atoms with Gasteiger partial charge in [-0.05, 0) is 54.1 Å². The summed E-state index contributed by atoms with van der Waals surface area (Å²) in [5.74, 6) is -0.855. The van der Waals surface area contributed by atoms with Crippen molar-refractivity contribution in [2.75, 3.05) is 16.4 Å². The summed E-state index contributed by atoms with van der Waals surface area (Å²) in [7, 11) is 0. The van der Waals surface area contributed by atoms with Gasteiger partial charge in [-0.1, -0.05) is 48.0 Å².